The van der Waals surface area contributed by atoms with Crippen molar-refractivity contribution < 1.29 is 0 Å². The van der Waals surface area contributed by atoms with Crippen LogP contribution < -0.4 is 5.32 Å². The molecule has 0 bridgehead atoms. The molecule has 29 heavy (non-hydrogen) atoms. The summed E-state index contributed by atoms with van der Waals surface area (Å²) < 4.78 is 3.62. The highest BCUT2D eigenvalue weighted by atomic mass is 15.4. The van der Waals surface area contributed by atoms with Gasteiger partial charge in [0.25, 0.3) is 0 Å². The van der Waals surface area contributed by atoms with Crippen LogP contribution in [0.15, 0.2) is 73.2 Å². The van der Waals surface area contributed by atoms with E-state index in [1.165, 1.54) is 0 Å². The molecule has 1 aromatic carbocycles. The molecular formula is C21H18N8. The zero-order valence-corrected chi connectivity index (χ0v) is 15.8. The fraction of sp³-hybridized carbons (Fsp3) is 0.0952. The molecule has 0 saturated heterocycles. The SMILES string of the molecule is Cc1nnc2ccc(NCc3cn(-c4ccccc4)nc3-c3ccncc3)nn12. The van der Waals surface area contributed by atoms with Crippen molar-refractivity contribution in [2.24, 2.45) is 0 Å². The van der Waals surface area contributed by atoms with Gasteiger partial charge in [0.05, 0.1) is 11.4 Å². The maximum atomic E-state index is 4.82. The molecule has 8 heteroatoms. The quantitative estimate of drug-likeness (QED) is 0.502. The van der Waals surface area contributed by atoms with E-state index in [0.717, 1.165) is 39.8 Å². The Kier molecular flexibility index (Phi) is 4.21. The Labute approximate surface area is 166 Å². The van der Waals surface area contributed by atoms with Gasteiger partial charge in [0.2, 0.25) is 0 Å². The first kappa shape index (κ1) is 17.1. The Morgan fingerprint density at radius 2 is 1.72 bits per heavy atom. The number of nitrogens with zero attached hydrogens (tertiary/aromatic N) is 7. The molecule has 0 spiro atoms. The number of benzene rings is 1. The Balaban J connectivity index is 1.49. The Hall–Kier alpha value is -4.07. The van der Waals surface area contributed by atoms with Crippen molar-refractivity contribution in [3.05, 3.63) is 84.6 Å². The van der Waals surface area contributed by atoms with Gasteiger partial charge in [-0.25, -0.2) is 4.68 Å². The first-order chi connectivity index (χ1) is 14.3. The largest absolute Gasteiger partial charge is 0.364 e. The van der Waals surface area contributed by atoms with Crippen LogP contribution in [0.5, 0.6) is 0 Å². The lowest BCUT2D eigenvalue weighted by atomic mass is 10.1. The van der Waals surface area contributed by atoms with Crippen LogP contribution in [0.1, 0.15) is 11.4 Å². The number of hydrogen-bond donors (Lipinski definition) is 1. The van der Waals surface area contributed by atoms with Crippen LogP contribution in [0.3, 0.4) is 0 Å². The number of nitrogens with one attached hydrogen (secondary N) is 1. The van der Waals surface area contributed by atoms with Gasteiger partial charge in [-0.3, -0.25) is 4.98 Å². The lowest BCUT2D eigenvalue weighted by Crippen LogP contribution is -2.05. The molecule has 0 radical (unpaired) electrons. The van der Waals surface area contributed by atoms with Gasteiger partial charge in [0.15, 0.2) is 11.5 Å². The fourth-order valence-corrected chi connectivity index (χ4v) is 3.18. The van der Waals surface area contributed by atoms with Crippen LogP contribution >= 0.6 is 0 Å². The summed E-state index contributed by atoms with van der Waals surface area (Å²) in [6, 6.07) is 17.8. The molecule has 0 atom stereocenters. The molecular weight excluding hydrogens is 364 g/mol. The summed E-state index contributed by atoms with van der Waals surface area (Å²) in [5.41, 5.74) is 4.72. The molecule has 4 heterocycles. The number of fused-ring (bicyclic) bond motifs is 1. The number of hydrogen-bond acceptors (Lipinski definition) is 6. The first-order valence-electron chi connectivity index (χ1n) is 9.25. The topological polar surface area (TPSA) is 85.8 Å². The summed E-state index contributed by atoms with van der Waals surface area (Å²) in [5, 5.41) is 20.9. The average molecular weight is 382 g/mol. The van der Waals surface area contributed by atoms with Gasteiger partial charge in [-0.15, -0.1) is 15.3 Å². The van der Waals surface area contributed by atoms with Crippen LogP contribution in [0, 0.1) is 6.92 Å². The smallest absolute Gasteiger partial charge is 0.178 e. The molecule has 0 aliphatic rings. The van der Waals surface area contributed by atoms with Crippen molar-refractivity contribution in [3.63, 3.8) is 0 Å². The number of aryl methyl sites for hydroxylation is 1. The maximum absolute atomic E-state index is 4.82. The van der Waals surface area contributed by atoms with Crippen molar-refractivity contribution in [1.82, 2.24) is 34.6 Å². The van der Waals surface area contributed by atoms with E-state index in [1.807, 2.05) is 72.4 Å². The number of para-hydroxylation sites is 1. The molecule has 5 rings (SSSR count). The van der Waals surface area contributed by atoms with Crippen molar-refractivity contribution in [2.45, 2.75) is 13.5 Å². The molecule has 0 amide bonds. The van der Waals surface area contributed by atoms with Crippen LogP contribution in [0.4, 0.5) is 5.82 Å². The molecule has 8 nitrogen and oxygen atoms in total. The summed E-state index contributed by atoms with van der Waals surface area (Å²) in [5.74, 6) is 1.49. The minimum absolute atomic E-state index is 0.574. The third-order valence-electron chi connectivity index (χ3n) is 4.64. The normalized spacial score (nSPS) is 11.1. The van der Waals surface area contributed by atoms with E-state index in [0.29, 0.717) is 6.54 Å². The molecule has 0 aliphatic carbocycles. The fourth-order valence-electron chi connectivity index (χ4n) is 3.18. The van der Waals surface area contributed by atoms with E-state index in [1.54, 1.807) is 16.9 Å². The Morgan fingerprint density at radius 1 is 0.897 bits per heavy atom. The van der Waals surface area contributed by atoms with E-state index >= 15 is 0 Å². The van der Waals surface area contributed by atoms with E-state index in [9.17, 15) is 0 Å². The van der Waals surface area contributed by atoms with E-state index in [2.05, 4.69) is 25.6 Å². The summed E-state index contributed by atoms with van der Waals surface area (Å²) in [4.78, 5) is 4.12. The minimum Gasteiger partial charge on any atom is -0.364 e. The van der Waals surface area contributed by atoms with Crippen LogP contribution in [-0.4, -0.2) is 34.6 Å². The third kappa shape index (κ3) is 3.31. The van der Waals surface area contributed by atoms with Crippen molar-refractivity contribution in [3.8, 4) is 16.9 Å². The number of pyridine rings is 1. The highest BCUT2D eigenvalue weighted by molar-refractivity contribution is 5.63. The lowest BCUT2D eigenvalue weighted by Gasteiger charge is -2.06. The zero-order chi connectivity index (χ0) is 19.6. The van der Waals surface area contributed by atoms with Gasteiger partial charge >= 0.3 is 0 Å². The van der Waals surface area contributed by atoms with Crippen LogP contribution in [-0.2, 0) is 6.54 Å². The molecule has 0 fully saturated rings. The molecule has 1 N–H and O–H groups in total. The molecule has 5 aromatic rings. The Bertz CT molecular complexity index is 1260. The second kappa shape index (κ2) is 7.16. The molecule has 142 valence electrons. The molecule has 0 saturated carbocycles. The summed E-state index contributed by atoms with van der Waals surface area (Å²) >= 11 is 0. The molecule has 0 aliphatic heterocycles. The lowest BCUT2D eigenvalue weighted by molar-refractivity contribution is 0.870. The van der Waals surface area contributed by atoms with Crippen LogP contribution in [0.2, 0.25) is 0 Å². The predicted octanol–water partition coefficient (Wildman–Crippen LogP) is 3.29. The highest BCUT2D eigenvalue weighted by Crippen LogP contribution is 2.24. The van der Waals surface area contributed by atoms with Gasteiger partial charge in [0, 0.05) is 36.3 Å². The minimum atomic E-state index is 0.574. The van der Waals surface area contributed by atoms with Gasteiger partial charge in [0.1, 0.15) is 5.82 Å². The zero-order valence-electron chi connectivity index (χ0n) is 15.8. The number of rotatable bonds is 5. The van der Waals surface area contributed by atoms with Crippen LogP contribution in [0.25, 0.3) is 22.6 Å². The molecule has 4 aromatic heterocycles. The maximum Gasteiger partial charge on any atom is 0.178 e. The predicted molar refractivity (Wildman–Crippen MR) is 110 cm³/mol. The van der Waals surface area contributed by atoms with Crippen molar-refractivity contribution >= 4 is 11.5 Å². The highest BCUT2D eigenvalue weighted by Gasteiger charge is 2.13. The average Bonchev–Trinajstić information content (AvgIpc) is 3.37. The van der Waals surface area contributed by atoms with E-state index in [4.69, 9.17) is 5.10 Å². The van der Waals surface area contributed by atoms with Crippen molar-refractivity contribution in [2.75, 3.05) is 5.32 Å². The van der Waals surface area contributed by atoms with Gasteiger partial charge < -0.3 is 5.32 Å². The summed E-state index contributed by atoms with van der Waals surface area (Å²) in [7, 11) is 0. The first-order valence-corrected chi connectivity index (χ1v) is 9.25. The summed E-state index contributed by atoms with van der Waals surface area (Å²) in [6.45, 7) is 2.45. The van der Waals surface area contributed by atoms with Gasteiger partial charge in [-0.2, -0.15) is 9.61 Å². The Morgan fingerprint density at radius 3 is 2.55 bits per heavy atom. The summed E-state index contributed by atoms with van der Waals surface area (Å²) in [6.07, 6.45) is 5.59. The standard InChI is InChI=1S/C21H18N8/c1-15-24-25-20-8-7-19(26-29(15)20)23-13-17-14-28(18-5-3-2-4-6-18)27-21(17)16-9-11-22-12-10-16/h2-12,14H,13H2,1H3,(H,23,26). The second-order valence-electron chi connectivity index (χ2n) is 6.61. The number of aromatic nitrogens is 7. The second-order valence-corrected chi connectivity index (χ2v) is 6.61. The van der Waals surface area contributed by atoms with E-state index in [-0.39, 0.29) is 0 Å². The van der Waals surface area contributed by atoms with Gasteiger partial charge in [-0.05, 0) is 43.3 Å². The van der Waals surface area contributed by atoms with Gasteiger partial charge in [-0.1, -0.05) is 18.2 Å². The van der Waals surface area contributed by atoms with Crippen molar-refractivity contribution in [1.29, 1.82) is 0 Å². The molecule has 0 unspecified atom stereocenters. The van der Waals surface area contributed by atoms with E-state index < -0.39 is 0 Å². The third-order valence-corrected chi connectivity index (χ3v) is 4.64. The monoisotopic (exact) mass is 382 g/mol. The number of anilines is 1.